The molecule has 0 radical (unpaired) electrons. The molecule has 0 aliphatic heterocycles. The van der Waals surface area contributed by atoms with Crippen LogP contribution in [-0.2, 0) is 6.54 Å². The zero-order valence-electron chi connectivity index (χ0n) is 7.50. The molecule has 0 spiro atoms. The van der Waals surface area contributed by atoms with Crippen molar-refractivity contribution < 1.29 is 4.42 Å². The van der Waals surface area contributed by atoms with E-state index in [2.05, 4.69) is 16.4 Å². The zero-order chi connectivity index (χ0) is 8.81. The Kier molecular flexibility index (Phi) is 3.54. The molecule has 0 atom stereocenters. The summed E-state index contributed by atoms with van der Waals surface area (Å²) < 4.78 is 5.27. The van der Waals surface area contributed by atoms with Gasteiger partial charge in [-0.25, -0.2) is 4.98 Å². The average molecular weight is 166 g/mol. The Labute approximate surface area is 72.5 Å². The van der Waals surface area contributed by atoms with Gasteiger partial charge < -0.3 is 9.73 Å². The molecule has 0 amide bonds. The first kappa shape index (κ1) is 9.00. The van der Waals surface area contributed by atoms with Crippen molar-refractivity contribution in [1.82, 2.24) is 10.3 Å². The highest BCUT2D eigenvalue weighted by molar-refractivity contribution is 4.90. The summed E-state index contributed by atoms with van der Waals surface area (Å²) in [6, 6.07) is 0. The Hall–Kier alpha value is -1.09. The fourth-order valence-corrected chi connectivity index (χ4v) is 0.863. The van der Waals surface area contributed by atoms with Crippen LogP contribution in [0.1, 0.15) is 18.6 Å². The van der Waals surface area contributed by atoms with E-state index in [0.29, 0.717) is 6.54 Å². The molecular weight excluding hydrogens is 152 g/mol. The van der Waals surface area contributed by atoms with Crippen molar-refractivity contribution >= 4 is 0 Å². The van der Waals surface area contributed by atoms with Crippen molar-refractivity contribution in [3.05, 3.63) is 30.0 Å². The van der Waals surface area contributed by atoms with Crippen molar-refractivity contribution in [2.75, 3.05) is 6.54 Å². The Morgan fingerprint density at radius 1 is 1.67 bits per heavy atom. The monoisotopic (exact) mass is 166 g/mol. The molecule has 0 fully saturated rings. The van der Waals surface area contributed by atoms with Crippen LogP contribution in [0.2, 0.25) is 0 Å². The van der Waals surface area contributed by atoms with Gasteiger partial charge in [0.2, 0.25) is 5.89 Å². The predicted octanol–water partition coefficient (Wildman–Crippen LogP) is 1.65. The lowest BCUT2D eigenvalue weighted by Gasteiger charge is -1.95. The van der Waals surface area contributed by atoms with Gasteiger partial charge in [-0.15, -0.1) is 0 Å². The maximum atomic E-state index is 5.27. The van der Waals surface area contributed by atoms with E-state index >= 15 is 0 Å². The first-order valence-corrected chi connectivity index (χ1v) is 4.06. The van der Waals surface area contributed by atoms with Crippen LogP contribution in [0.5, 0.6) is 0 Å². The van der Waals surface area contributed by atoms with E-state index in [0.717, 1.165) is 18.2 Å². The van der Waals surface area contributed by atoms with Crippen LogP contribution >= 0.6 is 0 Å². The first-order valence-electron chi connectivity index (χ1n) is 4.06. The number of aromatic nitrogens is 1. The smallest absolute Gasteiger partial charge is 0.208 e. The van der Waals surface area contributed by atoms with Gasteiger partial charge in [0.15, 0.2) is 0 Å². The number of hydrogen-bond donors (Lipinski definition) is 1. The fourth-order valence-electron chi connectivity index (χ4n) is 0.863. The van der Waals surface area contributed by atoms with Gasteiger partial charge in [0.25, 0.3) is 0 Å². The summed E-state index contributed by atoms with van der Waals surface area (Å²) in [7, 11) is 0. The zero-order valence-corrected chi connectivity index (χ0v) is 7.50. The lowest BCUT2D eigenvalue weighted by molar-refractivity contribution is 0.455. The molecule has 1 N–H and O–H groups in total. The van der Waals surface area contributed by atoms with E-state index in [4.69, 9.17) is 4.42 Å². The number of nitrogens with one attached hydrogen (secondary N) is 1. The summed E-state index contributed by atoms with van der Waals surface area (Å²) in [6.45, 7) is 5.44. The largest absolute Gasteiger partial charge is 0.445 e. The second-order valence-electron chi connectivity index (χ2n) is 2.56. The quantitative estimate of drug-likeness (QED) is 0.546. The number of aryl methyl sites for hydroxylation is 1. The van der Waals surface area contributed by atoms with Gasteiger partial charge in [0.05, 0.1) is 12.7 Å². The second-order valence-corrected chi connectivity index (χ2v) is 2.56. The number of allylic oxidation sites excluding steroid dienone is 1. The summed E-state index contributed by atoms with van der Waals surface area (Å²) in [6.07, 6.45) is 5.79. The summed E-state index contributed by atoms with van der Waals surface area (Å²) in [5.74, 6) is 1.61. The van der Waals surface area contributed by atoms with Crippen LogP contribution in [-0.4, -0.2) is 11.5 Å². The minimum absolute atomic E-state index is 0.693. The Bertz CT molecular complexity index is 253. The van der Waals surface area contributed by atoms with Gasteiger partial charge in [-0.05, 0) is 13.8 Å². The minimum Gasteiger partial charge on any atom is -0.445 e. The van der Waals surface area contributed by atoms with Crippen molar-refractivity contribution in [2.45, 2.75) is 20.4 Å². The summed E-state index contributed by atoms with van der Waals surface area (Å²) in [5, 5.41) is 3.17. The molecular formula is C9H14N2O. The van der Waals surface area contributed by atoms with Gasteiger partial charge in [0.1, 0.15) is 5.76 Å². The van der Waals surface area contributed by atoms with E-state index < -0.39 is 0 Å². The van der Waals surface area contributed by atoms with Crippen molar-refractivity contribution in [3.8, 4) is 0 Å². The minimum atomic E-state index is 0.693. The SMILES string of the molecule is C/C=C/CNCc1ncc(C)o1. The Morgan fingerprint density at radius 2 is 2.50 bits per heavy atom. The summed E-state index contributed by atoms with van der Waals surface area (Å²) >= 11 is 0. The van der Waals surface area contributed by atoms with Gasteiger partial charge in [-0.3, -0.25) is 0 Å². The van der Waals surface area contributed by atoms with Crippen molar-refractivity contribution in [3.63, 3.8) is 0 Å². The molecule has 12 heavy (non-hydrogen) atoms. The lowest BCUT2D eigenvalue weighted by Crippen LogP contribution is -2.12. The molecule has 1 heterocycles. The van der Waals surface area contributed by atoms with Gasteiger partial charge in [-0.2, -0.15) is 0 Å². The van der Waals surface area contributed by atoms with E-state index in [9.17, 15) is 0 Å². The standard InChI is InChI=1S/C9H14N2O/c1-3-4-5-10-7-9-11-6-8(2)12-9/h3-4,6,10H,5,7H2,1-2H3/b4-3+. The molecule has 0 aliphatic carbocycles. The molecule has 0 saturated carbocycles. The number of rotatable bonds is 4. The third-order valence-corrected chi connectivity index (χ3v) is 1.44. The molecule has 0 aliphatic rings. The highest BCUT2D eigenvalue weighted by atomic mass is 16.4. The third-order valence-electron chi connectivity index (χ3n) is 1.44. The fraction of sp³-hybridized carbons (Fsp3) is 0.444. The lowest BCUT2D eigenvalue weighted by atomic mass is 10.5. The van der Waals surface area contributed by atoms with Crippen LogP contribution in [0, 0.1) is 6.92 Å². The number of hydrogen-bond acceptors (Lipinski definition) is 3. The molecule has 3 nitrogen and oxygen atoms in total. The van der Waals surface area contributed by atoms with Gasteiger partial charge in [0, 0.05) is 6.54 Å². The topological polar surface area (TPSA) is 38.1 Å². The highest BCUT2D eigenvalue weighted by Gasteiger charge is 1.97. The summed E-state index contributed by atoms with van der Waals surface area (Å²) in [4.78, 5) is 4.06. The van der Waals surface area contributed by atoms with E-state index in [-0.39, 0.29) is 0 Å². The van der Waals surface area contributed by atoms with E-state index in [1.54, 1.807) is 6.20 Å². The molecule has 1 aromatic heterocycles. The molecule has 1 rings (SSSR count). The summed E-state index contributed by atoms with van der Waals surface area (Å²) in [5.41, 5.74) is 0. The van der Waals surface area contributed by atoms with Crippen LogP contribution in [0.15, 0.2) is 22.8 Å². The Balaban J connectivity index is 2.24. The second kappa shape index (κ2) is 4.72. The van der Waals surface area contributed by atoms with Crippen LogP contribution in [0.3, 0.4) is 0 Å². The molecule has 0 unspecified atom stereocenters. The number of oxazole rings is 1. The molecule has 3 heteroatoms. The van der Waals surface area contributed by atoms with E-state index in [1.165, 1.54) is 0 Å². The number of nitrogens with zero attached hydrogens (tertiary/aromatic N) is 1. The molecule has 0 aromatic carbocycles. The van der Waals surface area contributed by atoms with Gasteiger partial charge in [-0.1, -0.05) is 12.2 Å². The molecule has 0 saturated heterocycles. The van der Waals surface area contributed by atoms with Crippen LogP contribution < -0.4 is 5.32 Å². The van der Waals surface area contributed by atoms with Crippen molar-refractivity contribution in [1.29, 1.82) is 0 Å². The highest BCUT2D eigenvalue weighted by Crippen LogP contribution is 1.99. The first-order chi connectivity index (χ1) is 5.83. The normalized spacial score (nSPS) is 11.2. The average Bonchev–Trinajstić information content (AvgIpc) is 2.45. The third kappa shape index (κ3) is 2.88. The predicted molar refractivity (Wildman–Crippen MR) is 47.8 cm³/mol. The molecule has 0 bridgehead atoms. The van der Waals surface area contributed by atoms with E-state index in [1.807, 2.05) is 19.9 Å². The van der Waals surface area contributed by atoms with Gasteiger partial charge >= 0.3 is 0 Å². The maximum absolute atomic E-state index is 5.27. The van der Waals surface area contributed by atoms with Crippen LogP contribution in [0.4, 0.5) is 0 Å². The Morgan fingerprint density at radius 3 is 3.08 bits per heavy atom. The van der Waals surface area contributed by atoms with Crippen LogP contribution in [0.25, 0.3) is 0 Å². The molecule has 66 valence electrons. The maximum Gasteiger partial charge on any atom is 0.208 e. The molecule has 1 aromatic rings. The van der Waals surface area contributed by atoms with Crippen molar-refractivity contribution in [2.24, 2.45) is 0 Å².